The van der Waals surface area contributed by atoms with Crippen LogP contribution in [0.4, 0.5) is 0 Å². The fourth-order valence-corrected chi connectivity index (χ4v) is 1.42. The second-order valence-electron chi connectivity index (χ2n) is 2.43. The zero-order chi connectivity index (χ0) is 9.45. The fourth-order valence-electron chi connectivity index (χ4n) is 0.705. The maximum absolute atomic E-state index is 5.47. The second kappa shape index (κ2) is 7.07. The topological polar surface area (TPSA) is 9.23 Å². The molecule has 0 saturated carbocycles. The lowest BCUT2D eigenvalue weighted by molar-refractivity contribution is 0.511. The Morgan fingerprint density at radius 1 is 1.25 bits per heavy atom. The van der Waals surface area contributed by atoms with E-state index >= 15 is 0 Å². The van der Waals surface area contributed by atoms with Crippen molar-refractivity contribution in [2.24, 2.45) is 0 Å². The molecule has 0 aromatic heterocycles. The Labute approximate surface area is 88.9 Å². The highest BCUT2D eigenvalue weighted by atomic mass is 35.8. The van der Waals surface area contributed by atoms with Crippen LogP contribution in [0.2, 0.25) is 0 Å². The highest BCUT2D eigenvalue weighted by Gasteiger charge is 2.27. The number of allylic oxidation sites excluding steroid dienone is 1. The molecule has 0 fully saturated rings. The molecule has 0 amide bonds. The summed E-state index contributed by atoms with van der Waals surface area (Å²) in [4.78, 5) is 0. The lowest BCUT2D eigenvalue weighted by Crippen LogP contribution is -2.11. The maximum Gasteiger partial charge on any atom is 0.555 e. The number of halogens is 3. The normalized spacial score (nSPS) is 12.3. The lowest BCUT2D eigenvalue weighted by Gasteiger charge is -2.04. The van der Waals surface area contributed by atoms with E-state index < -0.39 is 6.25 Å². The largest absolute Gasteiger partial charge is 0.555 e. The SMILES string of the molecule is CCCCC/C=C\O[Si](Cl)(Cl)Cl. The van der Waals surface area contributed by atoms with Gasteiger partial charge in [-0.3, -0.25) is 0 Å². The molecule has 0 aliphatic carbocycles. The quantitative estimate of drug-likeness (QED) is 0.295. The van der Waals surface area contributed by atoms with E-state index in [1.165, 1.54) is 19.1 Å². The second-order valence-corrected chi connectivity index (χ2v) is 10.1. The highest BCUT2D eigenvalue weighted by Crippen LogP contribution is 2.21. The predicted molar refractivity (Wildman–Crippen MR) is 57.7 cm³/mol. The predicted octanol–water partition coefficient (Wildman–Crippen LogP) is 4.25. The van der Waals surface area contributed by atoms with Crippen LogP contribution in [0.25, 0.3) is 0 Å². The first-order chi connectivity index (χ1) is 5.56. The number of hydrogen-bond donors (Lipinski definition) is 0. The molecule has 0 N–H and O–H groups in total. The molecule has 12 heavy (non-hydrogen) atoms. The van der Waals surface area contributed by atoms with Gasteiger partial charge in [-0.15, -0.1) is 0 Å². The highest BCUT2D eigenvalue weighted by molar-refractivity contribution is 7.62. The Morgan fingerprint density at radius 2 is 1.92 bits per heavy atom. The average Bonchev–Trinajstić information content (AvgIpc) is 1.94. The van der Waals surface area contributed by atoms with E-state index in [1.807, 2.05) is 6.08 Å². The molecule has 0 unspecified atom stereocenters. The molecular formula is C7H13Cl3OSi. The molecule has 0 aliphatic heterocycles. The summed E-state index contributed by atoms with van der Waals surface area (Å²) in [5.74, 6) is 0. The van der Waals surface area contributed by atoms with E-state index in [2.05, 4.69) is 6.92 Å². The van der Waals surface area contributed by atoms with Crippen LogP contribution in [-0.4, -0.2) is 6.25 Å². The van der Waals surface area contributed by atoms with Crippen molar-refractivity contribution in [1.29, 1.82) is 0 Å². The Balaban J connectivity index is 3.26. The van der Waals surface area contributed by atoms with Gasteiger partial charge < -0.3 is 4.43 Å². The molecule has 72 valence electrons. The summed E-state index contributed by atoms with van der Waals surface area (Å²) in [6, 6.07) is 0. The Kier molecular flexibility index (Phi) is 7.44. The molecule has 0 aromatic carbocycles. The van der Waals surface area contributed by atoms with E-state index in [0.29, 0.717) is 0 Å². The number of hydrogen-bond acceptors (Lipinski definition) is 1. The van der Waals surface area contributed by atoms with Gasteiger partial charge in [0.1, 0.15) is 0 Å². The Hall–Kier alpha value is 0.627. The first kappa shape index (κ1) is 12.6. The van der Waals surface area contributed by atoms with Crippen LogP contribution in [0.5, 0.6) is 0 Å². The van der Waals surface area contributed by atoms with Crippen molar-refractivity contribution in [3.05, 3.63) is 12.3 Å². The van der Waals surface area contributed by atoms with E-state index in [0.717, 1.165) is 12.8 Å². The van der Waals surface area contributed by atoms with Gasteiger partial charge in [-0.1, -0.05) is 59.1 Å². The molecule has 0 spiro atoms. The van der Waals surface area contributed by atoms with Crippen LogP contribution in [0.1, 0.15) is 32.6 Å². The standard InChI is InChI=1S/C7H13Cl3OSi/c1-2-3-4-5-6-7-11-12(8,9)10/h6-7H,2-5H2,1H3/b7-6-. The Morgan fingerprint density at radius 3 is 2.42 bits per heavy atom. The molecule has 0 rings (SSSR count). The van der Waals surface area contributed by atoms with Crippen molar-refractivity contribution in [2.75, 3.05) is 0 Å². The van der Waals surface area contributed by atoms with Gasteiger partial charge in [-0.25, -0.2) is 0 Å². The summed E-state index contributed by atoms with van der Waals surface area (Å²) in [5.41, 5.74) is 0. The molecule has 0 radical (unpaired) electrons. The fraction of sp³-hybridized carbons (Fsp3) is 0.714. The minimum atomic E-state index is -2.90. The van der Waals surface area contributed by atoms with E-state index in [-0.39, 0.29) is 0 Å². The van der Waals surface area contributed by atoms with Crippen molar-refractivity contribution < 1.29 is 4.43 Å². The van der Waals surface area contributed by atoms with Crippen molar-refractivity contribution in [2.45, 2.75) is 32.6 Å². The lowest BCUT2D eigenvalue weighted by atomic mass is 10.2. The van der Waals surface area contributed by atoms with Crippen LogP contribution in [0.3, 0.4) is 0 Å². The summed E-state index contributed by atoms with van der Waals surface area (Å²) in [7, 11) is 0. The zero-order valence-electron chi connectivity index (χ0n) is 7.03. The van der Waals surface area contributed by atoms with Gasteiger partial charge in [0.25, 0.3) is 0 Å². The van der Waals surface area contributed by atoms with Crippen molar-refractivity contribution in [3.8, 4) is 0 Å². The summed E-state index contributed by atoms with van der Waals surface area (Å²) in [5, 5.41) is 0. The molecule has 0 heterocycles. The number of rotatable bonds is 6. The van der Waals surface area contributed by atoms with Crippen LogP contribution in [0, 0.1) is 0 Å². The third kappa shape index (κ3) is 10.6. The third-order valence-electron chi connectivity index (χ3n) is 1.27. The van der Waals surface area contributed by atoms with Crippen LogP contribution >= 0.6 is 33.2 Å². The minimum absolute atomic E-state index is 0.989. The monoisotopic (exact) mass is 246 g/mol. The molecule has 1 nitrogen and oxygen atoms in total. The van der Waals surface area contributed by atoms with Crippen LogP contribution < -0.4 is 0 Å². The molecule has 0 aromatic rings. The average molecular weight is 248 g/mol. The van der Waals surface area contributed by atoms with E-state index in [4.69, 9.17) is 37.7 Å². The molecular weight excluding hydrogens is 235 g/mol. The summed E-state index contributed by atoms with van der Waals surface area (Å²) in [6.45, 7) is 2.16. The third-order valence-corrected chi connectivity index (χ3v) is 2.48. The summed E-state index contributed by atoms with van der Waals surface area (Å²) < 4.78 is 4.86. The maximum atomic E-state index is 5.47. The van der Waals surface area contributed by atoms with Crippen molar-refractivity contribution >= 4 is 39.5 Å². The number of unbranched alkanes of at least 4 members (excludes halogenated alkanes) is 3. The van der Waals surface area contributed by atoms with Crippen LogP contribution in [-0.2, 0) is 4.43 Å². The van der Waals surface area contributed by atoms with Gasteiger partial charge in [0, 0.05) is 0 Å². The molecule has 0 aliphatic rings. The first-order valence-corrected chi connectivity index (χ1v) is 8.90. The Bertz CT molecular complexity index is 133. The summed E-state index contributed by atoms with van der Waals surface area (Å²) >= 11 is 16.4. The van der Waals surface area contributed by atoms with Gasteiger partial charge >= 0.3 is 6.25 Å². The van der Waals surface area contributed by atoms with Gasteiger partial charge in [-0.05, 0) is 12.8 Å². The van der Waals surface area contributed by atoms with E-state index in [9.17, 15) is 0 Å². The molecule has 0 bridgehead atoms. The smallest absolute Gasteiger partial charge is 0.515 e. The molecule has 0 saturated heterocycles. The van der Waals surface area contributed by atoms with Gasteiger partial charge in [0.2, 0.25) is 0 Å². The van der Waals surface area contributed by atoms with Crippen molar-refractivity contribution in [3.63, 3.8) is 0 Å². The van der Waals surface area contributed by atoms with Gasteiger partial charge in [0.15, 0.2) is 0 Å². The molecule has 0 atom stereocenters. The van der Waals surface area contributed by atoms with Crippen LogP contribution in [0.15, 0.2) is 12.3 Å². The van der Waals surface area contributed by atoms with Crippen molar-refractivity contribution in [1.82, 2.24) is 0 Å². The first-order valence-electron chi connectivity index (χ1n) is 3.96. The molecule has 5 heteroatoms. The van der Waals surface area contributed by atoms with Gasteiger partial charge in [-0.2, -0.15) is 0 Å². The summed E-state index contributed by atoms with van der Waals surface area (Å²) in [6.07, 6.45) is 5.09. The minimum Gasteiger partial charge on any atom is -0.515 e. The van der Waals surface area contributed by atoms with E-state index in [1.54, 1.807) is 0 Å². The van der Waals surface area contributed by atoms with Gasteiger partial charge in [0.05, 0.1) is 6.26 Å². The zero-order valence-corrected chi connectivity index (χ0v) is 10.3.